The number of anilines is 1. The number of para-hydroxylation sites is 1. The molecule has 0 unspecified atom stereocenters. The minimum absolute atomic E-state index is 0.227. The molecule has 6 heteroatoms. The largest absolute Gasteiger partial charge is 0.497 e. The molecule has 0 atom stereocenters. The molecule has 1 N–H and O–H groups in total. The third kappa shape index (κ3) is 3.52. The number of nitrogens with one attached hydrogen (secondary N) is 1. The van der Waals surface area contributed by atoms with Gasteiger partial charge in [-0.25, -0.2) is 4.98 Å². The van der Waals surface area contributed by atoms with Gasteiger partial charge in [0.25, 0.3) is 5.91 Å². The maximum absolute atomic E-state index is 12.7. The Kier molecular flexibility index (Phi) is 4.91. The van der Waals surface area contributed by atoms with Crippen LogP contribution in [0.3, 0.4) is 0 Å². The number of nitrogens with zero attached hydrogens (tertiary/aromatic N) is 2. The van der Waals surface area contributed by atoms with Gasteiger partial charge in [0.2, 0.25) is 0 Å². The average molecular weight is 387 g/mol. The monoisotopic (exact) mass is 387 g/mol. The smallest absolute Gasteiger partial charge is 0.259 e. The SMILES string of the molecule is COc1ccc(-c2nc3ccc(NC(=O)c4ccccc4OC)cn3c2C)cc1. The second kappa shape index (κ2) is 7.67. The van der Waals surface area contributed by atoms with Crippen LogP contribution in [0.25, 0.3) is 16.9 Å². The highest BCUT2D eigenvalue weighted by Crippen LogP contribution is 2.27. The van der Waals surface area contributed by atoms with Crippen LogP contribution in [0.2, 0.25) is 0 Å². The fourth-order valence-corrected chi connectivity index (χ4v) is 3.29. The van der Waals surface area contributed by atoms with Crippen molar-refractivity contribution in [1.82, 2.24) is 9.38 Å². The Morgan fingerprint density at radius 3 is 2.45 bits per heavy atom. The molecule has 6 nitrogen and oxygen atoms in total. The van der Waals surface area contributed by atoms with E-state index in [9.17, 15) is 4.79 Å². The van der Waals surface area contributed by atoms with Crippen LogP contribution in [0, 0.1) is 6.92 Å². The highest BCUT2D eigenvalue weighted by atomic mass is 16.5. The zero-order valence-corrected chi connectivity index (χ0v) is 16.5. The summed E-state index contributed by atoms with van der Waals surface area (Å²) in [6, 6.07) is 18.7. The number of hydrogen-bond donors (Lipinski definition) is 1. The lowest BCUT2D eigenvalue weighted by Gasteiger charge is -2.09. The average Bonchev–Trinajstić information content (AvgIpc) is 3.09. The lowest BCUT2D eigenvalue weighted by atomic mass is 10.1. The molecule has 0 radical (unpaired) electrons. The van der Waals surface area contributed by atoms with Gasteiger partial charge in [0.1, 0.15) is 17.1 Å². The zero-order valence-electron chi connectivity index (χ0n) is 16.5. The van der Waals surface area contributed by atoms with Crippen molar-refractivity contribution in [3.05, 3.63) is 78.1 Å². The summed E-state index contributed by atoms with van der Waals surface area (Å²) >= 11 is 0. The predicted octanol–water partition coefficient (Wildman–Crippen LogP) is 4.58. The molecule has 0 aliphatic carbocycles. The number of benzene rings is 2. The summed E-state index contributed by atoms with van der Waals surface area (Å²) in [5, 5.41) is 2.93. The van der Waals surface area contributed by atoms with Gasteiger partial charge in [-0.2, -0.15) is 0 Å². The number of imidazole rings is 1. The molecule has 146 valence electrons. The first kappa shape index (κ1) is 18.6. The van der Waals surface area contributed by atoms with Crippen molar-refractivity contribution in [3.63, 3.8) is 0 Å². The lowest BCUT2D eigenvalue weighted by molar-refractivity contribution is 0.102. The van der Waals surface area contributed by atoms with Crippen LogP contribution in [0.1, 0.15) is 16.1 Å². The highest BCUT2D eigenvalue weighted by molar-refractivity contribution is 6.06. The lowest BCUT2D eigenvalue weighted by Crippen LogP contribution is -2.13. The van der Waals surface area contributed by atoms with E-state index < -0.39 is 0 Å². The van der Waals surface area contributed by atoms with Crippen LogP contribution in [-0.4, -0.2) is 29.5 Å². The van der Waals surface area contributed by atoms with Crippen LogP contribution in [0.5, 0.6) is 11.5 Å². The van der Waals surface area contributed by atoms with Crippen molar-refractivity contribution in [1.29, 1.82) is 0 Å². The van der Waals surface area contributed by atoms with E-state index in [2.05, 4.69) is 5.32 Å². The molecular formula is C23H21N3O3. The summed E-state index contributed by atoms with van der Waals surface area (Å²) in [4.78, 5) is 17.4. The number of methoxy groups -OCH3 is 2. The van der Waals surface area contributed by atoms with Gasteiger partial charge in [-0.05, 0) is 55.5 Å². The molecule has 2 heterocycles. The molecule has 29 heavy (non-hydrogen) atoms. The normalized spacial score (nSPS) is 10.7. The van der Waals surface area contributed by atoms with Crippen molar-refractivity contribution in [2.24, 2.45) is 0 Å². The van der Waals surface area contributed by atoms with E-state index in [4.69, 9.17) is 14.5 Å². The van der Waals surface area contributed by atoms with Gasteiger partial charge in [-0.1, -0.05) is 12.1 Å². The van der Waals surface area contributed by atoms with E-state index in [1.54, 1.807) is 26.4 Å². The van der Waals surface area contributed by atoms with E-state index in [0.29, 0.717) is 17.0 Å². The van der Waals surface area contributed by atoms with Gasteiger partial charge in [0.05, 0.1) is 31.2 Å². The van der Waals surface area contributed by atoms with Gasteiger partial charge in [-0.15, -0.1) is 0 Å². The second-order valence-electron chi connectivity index (χ2n) is 6.57. The molecule has 0 saturated heterocycles. The number of carbonyl (C=O) groups is 1. The summed E-state index contributed by atoms with van der Waals surface area (Å²) in [5.74, 6) is 1.11. The Labute approximate surface area is 168 Å². The van der Waals surface area contributed by atoms with E-state index >= 15 is 0 Å². The summed E-state index contributed by atoms with van der Waals surface area (Å²) in [5.41, 5.74) is 4.85. The maximum atomic E-state index is 12.7. The standard InChI is InChI=1S/C23H21N3O3/c1-15-22(16-8-11-18(28-2)12-9-16)25-21-13-10-17(14-26(15)21)24-23(27)19-6-4-5-7-20(19)29-3/h4-14H,1-3H3,(H,24,27). The minimum Gasteiger partial charge on any atom is -0.497 e. The summed E-state index contributed by atoms with van der Waals surface area (Å²) < 4.78 is 12.5. The van der Waals surface area contributed by atoms with Crippen LogP contribution < -0.4 is 14.8 Å². The number of amides is 1. The molecule has 1 amide bonds. The number of pyridine rings is 1. The van der Waals surface area contributed by atoms with E-state index in [0.717, 1.165) is 28.3 Å². The van der Waals surface area contributed by atoms with Crippen LogP contribution >= 0.6 is 0 Å². The quantitative estimate of drug-likeness (QED) is 0.544. The number of ether oxygens (including phenoxy) is 2. The Morgan fingerprint density at radius 1 is 0.966 bits per heavy atom. The summed E-state index contributed by atoms with van der Waals surface area (Å²) in [6.45, 7) is 2.01. The number of aromatic nitrogens is 2. The Balaban J connectivity index is 1.65. The summed E-state index contributed by atoms with van der Waals surface area (Å²) in [6.07, 6.45) is 1.87. The maximum Gasteiger partial charge on any atom is 0.259 e. The number of aryl methyl sites for hydroxylation is 1. The first-order valence-corrected chi connectivity index (χ1v) is 9.18. The van der Waals surface area contributed by atoms with Crippen molar-refractivity contribution in [2.75, 3.05) is 19.5 Å². The highest BCUT2D eigenvalue weighted by Gasteiger charge is 2.14. The van der Waals surface area contributed by atoms with Gasteiger partial charge < -0.3 is 19.2 Å². The van der Waals surface area contributed by atoms with Crippen molar-refractivity contribution < 1.29 is 14.3 Å². The molecule has 4 aromatic rings. The zero-order chi connectivity index (χ0) is 20.4. The Hall–Kier alpha value is -3.80. The molecular weight excluding hydrogens is 366 g/mol. The van der Waals surface area contributed by atoms with Crippen LogP contribution in [0.4, 0.5) is 5.69 Å². The number of hydrogen-bond acceptors (Lipinski definition) is 4. The number of rotatable bonds is 5. The molecule has 2 aromatic heterocycles. The third-order valence-electron chi connectivity index (χ3n) is 4.83. The van der Waals surface area contributed by atoms with Crippen LogP contribution in [-0.2, 0) is 0 Å². The molecule has 2 aromatic carbocycles. The molecule has 0 saturated carbocycles. The van der Waals surface area contributed by atoms with Gasteiger partial charge in [-0.3, -0.25) is 4.79 Å². The van der Waals surface area contributed by atoms with Crippen molar-refractivity contribution in [3.8, 4) is 22.8 Å². The second-order valence-corrected chi connectivity index (χ2v) is 6.57. The first-order valence-electron chi connectivity index (χ1n) is 9.18. The van der Waals surface area contributed by atoms with Crippen molar-refractivity contribution >= 4 is 17.2 Å². The number of fused-ring (bicyclic) bond motifs is 1. The minimum atomic E-state index is -0.227. The molecule has 0 aliphatic rings. The molecule has 0 fully saturated rings. The Morgan fingerprint density at radius 2 is 1.72 bits per heavy atom. The number of carbonyl (C=O) groups excluding carboxylic acids is 1. The topological polar surface area (TPSA) is 64.9 Å². The fourth-order valence-electron chi connectivity index (χ4n) is 3.29. The molecule has 4 rings (SSSR count). The van der Waals surface area contributed by atoms with E-state index in [-0.39, 0.29) is 5.91 Å². The van der Waals surface area contributed by atoms with E-state index in [1.165, 1.54) is 0 Å². The molecule has 0 bridgehead atoms. The van der Waals surface area contributed by atoms with Crippen LogP contribution in [0.15, 0.2) is 66.9 Å². The molecule has 0 aliphatic heterocycles. The third-order valence-corrected chi connectivity index (χ3v) is 4.83. The fraction of sp³-hybridized carbons (Fsp3) is 0.130. The predicted molar refractivity (Wildman–Crippen MR) is 113 cm³/mol. The summed E-state index contributed by atoms with van der Waals surface area (Å²) in [7, 11) is 3.19. The molecule has 0 spiro atoms. The first-order chi connectivity index (χ1) is 14.1. The van der Waals surface area contributed by atoms with Gasteiger partial charge in [0.15, 0.2) is 0 Å². The van der Waals surface area contributed by atoms with Crippen molar-refractivity contribution in [2.45, 2.75) is 6.92 Å². The van der Waals surface area contributed by atoms with Gasteiger partial charge >= 0.3 is 0 Å². The van der Waals surface area contributed by atoms with Gasteiger partial charge in [0, 0.05) is 17.5 Å². The Bertz CT molecular complexity index is 1180. The van der Waals surface area contributed by atoms with E-state index in [1.807, 2.05) is 66.1 Å².